The number of ether oxygens (including phenoxy) is 2. The summed E-state index contributed by atoms with van der Waals surface area (Å²) in [6, 6.07) is 0. The first-order valence-electron chi connectivity index (χ1n) is 5.62. The second-order valence-corrected chi connectivity index (χ2v) is 3.42. The minimum Gasteiger partial charge on any atom is -0.466 e. The molecule has 6 nitrogen and oxygen atoms in total. The van der Waals surface area contributed by atoms with E-state index in [9.17, 15) is 14.4 Å². The second kappa shape index (κ2) is 6.58. The first-order chi connectivity index (χ1) is 8.63. The van der Waals surface area contributed by atoms with Crippen LogP contribution in [0.15, 0.2) is 6.20 Å². The molecule has 0 aromatic carbocycles. The Morgan fingerprint density at radius 1 is 1.28 bits per heavy atom. The standard InChI is InChI=1S/C12H15NO5/c1-3-17-10(15)5-8-6-13-9(7-14)11(8)12(16)18-4-2/h6-7,13H,3-5H2,1-2H3. The lowest BCUT2D eigenvalue weighted by Crippen LogP contribution is -2.13. The van der Waals surface area contributed by atoms with Gasteiger partial charge in [-0.25, -0.2) is 4.79 Å². The summed E-state index contributed by atoms with van der Waals surface area (Å²) < 4.78 is 9.63. The molecule has 0 aliphatic rings. The fraction of sp³-hybridized carbons (Fsp3) is 0.417. The van der Waals surface area contributed by atoms with E-state index < -0.39 is 11.9 Å². The second-order valence-electron chi connectivity index (χ2n) is 3.42. The van der Waals surface area contributed by atoms with Crippen LogP contribution in [0.1, 0.15) is 40.3 Å². The van der Waals surface area contributed by atoms with Crippen molar-refractivity contribution in [2.75, 3.05) is 13.2 Å². The SMILES string of the molecule is CCOC(=O)Cc1c[nH]c(C=O)c1C(=O)OCC. The Balaban J connectivity index is 2.97. The summed E-state index contributed by atoms with van der Waals surface area (Å²) in [5.41, 5.74) is 0.599. The van der Waals surface area contributed by atoms with E-state index in [2.05, 4.69) is 4.98 Å². The van der Waals surface area contributed by atoms with Crippen molar-refractivity contribution in [3.63, 3.8) is 0 Å². The number of hydrogen-bond acceptors (Lipinski definition) is 5. The zero-order valence-electron chi connectivity index (χ0n) is 10.3. The highest BCUT2D eigenvalue weighted by molar-refractivity contribution is 5.99. The number of hydrogen-bond donors (Lipinski definition) is 1. The minimum atomic E-state index is -0.625. The summed E-state index contributed by atoms with van der Waals surface area (Å²) in [6.07, 6.45) is 1.88. The number of H-pyrrole nitrogens is 1. The van der Waals surface area contributed by atoms with Gasteiger partial charge in [-0.15, -0.1) is 0 Å². The van der Waals surface area contributed by atoms with Crippen LogP contribution in [0, 0.1) is 0 Å². The van der Waals surface area contributed by atoms with Crippen LogP contribution in [-0.2, 0) is 20.7 Å². The summed E-state index contributed by atoms with van der Waals surface area (Å²) in [5, 5.41) is 0. The van der Waals surface area contributed by atoms with Gasteiger partial charge >= 0.3 is 11.9 Å². The van der Waals surface area contributed by atoms with Gasteiger partial charge in [0.25, 0.3) is 0 Å². The molecule has 0 saturated carbocycles. The maximum Gasteiger partial charge on any atom is 0.340 e. The van der Waals surface area contributed by atoms with Gasteiger partial charge in [-0.05, 0) is 19.4 Å². The predicted octanol–water partition coefficient (Wildman–Crippen LogP) is 1.11. The van der Waals surface area contributed by atoms with Crippen LogP contribution in [0.3, 0.4) is 0 Å². The summed E-state index contributed by atoms with van der Waals surface area (Å²) in [4.78, 5) is 36.5. The molecule has 1 N–H and O–H groups in total. The van der Waals surface area contributed by atoms with Crippen LogP contribution in [0.2, 0.25) is 0 Å². The fourth-order valence-electron chi connectivity index (χ4n) is 1.53. The molecule has 18 heavy (non-hydrogen) atoms. The van der Waals surface area contributed by atoms with Gasteiger partial charge in [-0.3, -0.25) is 9.59 Å². The van der Waals surface area contributed by atoms with Crippen molar-refractivity contribution in [3.05, 3.63) is 23.0 Å². The molecule has 0 saturated heterocycles. The number of aromatic nitrogens is 1. The molecule has 0 radical (unpaired) electrons. The van der Waals surface area contributed by atoms with E-state index in [1.807, 2.05) is 0 Å². The number of esters is 2. The van der Waals surface area contributed by atoms with Crippen molar-refractivity contribution in [1.82, 2.24) is 4.98 Å². The Morgan fingerprint density at radius 3 is 2.50 bits per heavy atom. The van der Waals surface area contributed by atoms with Gasteiger partial charge in [-0.2, -0.15) is 0 Å². The summed E-state index contributed by atoms with van der Waals surface area (Å²) in [7, 11) is 0. The third kappa shape index (κ3) is 3.19. The lowest BCUT2D eigenvalue weighted by molar-refractivity contribution is -0.142. The van der Waals surface area contributed by atoms with E-state index in [4.69, 9.17) is 9.47 Å². The Morgan fingerprint density at radius 2 is 1.94 bits per heavy atom. The Labute approximate surface area is 104 Å². The quantitative estimate of drug-likeness (QED) is 0.606. The van der Waals surface area contributed by atoms with Crippen molar-refractivity contribution >= 4 is 18.2 Å². The molecular weight excluding hydrogens is 238 g/mol. The largest absolute Gasteiger partial charge is 0.466 e. The maximum atomic E-state index is 11.7. The van der Waals surface area contributed by atoms with Gasteiger partial charge in [0.2, 0.25) is 0 Å². The smallest absolute Gasteiger partial charge is 0.340 e. The highest BCUT2D eigenvalue weighted by atomic mass is 16.5. The molecule has 1 aromatic heterocycles. The minimum absolute atomic E-state index is 0.0771. The molecular formula is C12H15NO5. The van der Waals surface area contributed by atoms with Crippen molar-refractivity contribution in [1.29, 1.82) is 0 Å². The lowest BCUT2D eigenvalue weighted by atomic mass is 10.1. The van der Waals surface area contributed by atoms with Crippen molar-refractivity contribution < 1.29 is 23.9 Å². The average Bonchev–Trinajstić information content (AvgIpc) is 2.72. The zero-order chi connectivity index (χ0) is 13.5. The molecule has 0 spiro atoms. The molecule has 0 amide bonds. The number of carbonyl (C=O) groups excluding carboxylic acids is 3. The number of nitrogens with one attached hydrogen (secondary N) is 1. The Bertz CT molecular complexity index is 449. The van der Waals surface area contributed by atoms with Crippen molar-refractivity contribution in [3.8, 4) is 0 Å². The molecule has 0 fully saturated rings. The normalized spacial score (nSPS) is 9.89. The highest BCUT2D eigenvalue weighted by Crippen LogP contribution is 2.15. The molecule has 0 aliphatic heterocycles. The monoisotopic (exact) mass is 253 g/mol. The maximum absolute atomic E-state index is 11.7. The molecule has 1 aromatic rings. The van der Waals surface area contributed by atoms with Gasteiger partial charge in [0, 0.05) is 6.20 Å². The van der Waals surface area contributed by atoms with Gasteiger partial charge in [0.15, 0.2) is 6.29 Å². The van der Waals surface area contributed by atoms with E-state index in [1.54, 1.807) is 13.8 Å². The van der Waals surface area contributed by atoms with Crippen LogP contribution < -0.4 is 0 Å². The lowest BCUT2D eigenvalue weighted by Gasteiger charge is -2.04. The number of carbonyl (C=O) groups is 3. The van der Waals surface area contributed by atoms with Crippen LogP contribution in [0.25, 0.3) is 0 Å². The summed E-state index contributed by atoms with van der Waals surface area (Å²) in [5.74, 6) is -1.08. The molecule has 0 unspecified atom stereocenters. The third-order valence-corrected chi connectivity index (χ3v) is 2.23. The Hall–Kier alpha value is -2.11. The molecule has 0 atom stereocenters. The van der Waals surface area contributed by atoms with E-state index >= 15 is 0 Å². The summed E-state index contributed by atoms with van der Waals surface area (Å²) >= 11 is 0. The molecule has 1 heterocycles. The van der Waals surface area contributed by atoms with Gasteiger partial charge in [0.1, 0.15) is 0 Å². The van der Waals surface area contributed by atoms with E-state index in [1.165, 1.54) is 6.20 Å². The van der Waals surface area contributed by atoms with Crippen LogP contribution in [0.4, 0.5) is 0 Å². The third-order valence-electron chi connectivity index (χ3n) is 2.23. The van der Waals surface area contributed by atoms with Crippen molar-refractivity contribution in [2.24, 2.45) is 0 Å². The van der Waals surface area contributed by atoms with Crippen LogP contribution >= 0.6 is 0 Å². The average molecular weight is 253 g/mol. The topological polar surface area (TPSA) is 85.5 Å². The molecule has 1 rings (SSSR count). The van der Waals surface area contributed by atoms with Gasteiger partial charge < -0.3 is 14.5 Å². The van der Waals surface area contributed by atoms with E-state index in [0.29, 0.717) is 11.8 Å². The van der Waals surface area contributed by atoms with Crippen LogP contribution in [-0.4, -0.2) is 36.4 Å². The molecule has 0 bridgehead atoms. The zero-order valence-corrected chi connectivity index (χ0v) is 10.3. The number of aldehydes is 1. The van der Waals surface area contributed by atoms with Crippen molar-refractivity contribution in [2.45, 2.75) is 20.3 Å². The number of aromatic amines is 1. The first kappa shape index (κ1) is 14.0. The summed E-state index contributed by atoms with van der Waals surface area (Å²) in [6.45, 7) is 3.81. The van der Waals surface area contributed by atoms with Crippen LogP contribution in [0.5, 0.6) is 0 Å². The van der Waals surface area contributed by atoms with E-state index in [-0.39, 0.29) is 30.9 Å². The molecule has 0 aliphatic carbocycles. The Kier molecular flexibility index (Phi) is 5.10. The van der Waals surface area contributed by atoms with Gasteiger partial charge in [0.05, 0.1) is 30.9 Å². The molecule has 6 heteroatoms. The number of rotatable bonds is 6. The predicted molar refractivity (Wildman–Crippen MR) is 62.5 cm³/mol. The highest BCUT2D eigenvalue weighted by Gasteiger charge is 2.21. The molecule has 98 valence electrons. The van der Waals surface area contributed by atoms with Gasteiger partial charge in [-0.1, -0.05) is 0 Å². The first-order valence-corrected chi connectivity index (χ1v) is 5.62. The van der Waals surface area contributed by atoms with E-state index in [0.717, 1.165) is 0 Å². The fourth-order valence-corrected chi connectivity index (χ4v) is 1.53.